The lowest BCUT2D eigenvalue weighted by Crippen LogP contribution is -2.39. The number of hydrogen-bond donors (Lipinski definition) is 2. The van der Waals surface area contributed by atoms with Gasteiger partial charge in [0.1, 0.15) is 5.75 Å². The molecule has 1 aliphatic rings. The zero-order valence-electron chi connectivity index (χ0n) is 11.9. The first-order valence-electron chi connectivity index (χ1n) is 6.54. The van der Waals surface area contributed by atoms with Gasteiger partial charge in [-0.2, -0.15) is 0 Å². The lowest BCUT2D eigenvalue weighted by Gasteiger charge is -2.26. The van der Waals surface area contributed by atoms with Gasteiger partial charge in [-0.15, -0.1) is 0 Å². The summed E-state index contributed by atoms with van der Waals surface area (Å²) in [4.78, 5) is 24.7. The fourth-order valence-electron chi connectivity index (χ4n) is 1.92. The van der Waals surface area contributed by atoms with E-state index in [1.165, 1.54) is 0 Å². The number of carbonyl (C=O) groups excluding carboxylic acids is 2. The molecule has 20 heavy (non-hydrogen) atoms. The predicted molar refractivity (Wildman–Crippen MR) is 75.9 cm³/mol. The topological polar surface area (TPSA) is 70.7 Å². The number of nitrogens with zero attached hydrogens (tertiary/aromatic N) is 1. The highest BCUT2D eigenvalue weighted by Gasteiger charge is 2.22. The van der Waals surface area contributed by atoms with Gasteiger partial charge in [0.15, 0.2) is 6.61 Å². The van der Waals surface area contributed by atoms with Crippen molar-refractivity contribution < 1.29 is 14.3 Å². The van der Waals surface area contributed by atoms with E-state index in [1.54, 1.807) is 11.9 Å². The summed E-state index contributed by atoms with van der Waals surface area (Å²) in [6.07, 6.45) is 0. The van der Waals surface area contributed by atoms with Crippen LogP contribution in [0.3, 0.4) is 0 Å². The molecule has 2 rings (SSSR count). The number of anilines is 1. The maximum atomic E-state index is 11.6. The monoisotopic (exact) mass is 277 g/mol. The van der Waals surface area contributed by atoms with Gasteiger partial charge in [-0.1, -0.05) is 6.07 Å². The van der Waals surface area contributed by atoms with Crippen LogP contribution >= 0.6 is 0 Å². The first kappa shape index (κ1) is 14.2. The molecule has 0 unspecified atom stereocenters. The van der Waals surface area contributed by atoms with Crippen molar-refractivity contribution in [1.82, 2.24) is 10.6 Å². The Morgan fingerprint density at radius 3 is 2.90 bits per heavy atom. The van der Waals surface area contributed by atoms with Gasteiger partial charge in [0.05, 0.1) is 5.69 Å². The minimum atomic E-state index is -0.210. The maximum Gasteiger partial charge on any atom is 0.315 e. The number of hydrogen-bond acceptors (Lipinski definition) is 3. The van der Waals surface area contributed by atoms with Gasteiger partial charge in [-0.3, -0.25) is 4.79 Å². The van der Waals surface area contributed by atoms with E-state index in [1.807, 2.05) is 32.0 Å². The van der Waals surface area contributed by atoms with Gasteiger partial charge in [0.25, 0.3) is 5.91 Å². The van der Waals surface area contributed by atoms with Gasteiger partial charge < -0.3 is 20.3 Å². The third kappa shape index (κ3) is 3.20. The molecule has 108 valence electrons. The normalized spacial score (nSPS) is 13.8. The number of carbonyl (C=O) groups is 2. The Kier molecular flexibility index (Phi) is 4.12. The molecule has 1 heterocycles. The average Bonchev–Trinajstić information content (AvgIpc) is 2.40. The summed E-state index contributed by atoms with van der Waals surface area (Å²) in [7, 11) is 1.71. The fraction of sp³-hybridized carbons (Fsp3) is 0.429. The summed E-state index contributed by atoms with van der Waals surface area (Å²) in [5, 5.41) is 5.52. The Morgan fingerprint density at radius 1 is 1.45 bits per heavy atom. The summed E-state index contributed by atoms with van der Waals surface area (Å²) in [6.45, 7) is 4.26. The summed E-state index contributed by atoms with van der Waals surface area (Å²) in [5.41, 5.74) is 1.64. The molecular formula is C14H19N3O3. The number of ether oxygens (including phenoxy) is 1. The highest BCUT2D eigenvalue weighted by molar-refractivity contribution is 5.97. The number of urea groups is 1. The van der Waals surface area contributed by atoms with Crippen LogP contribution in [0.2, 0.25) is 0 Å². The van der Waals surface area contributed by atoms with Crippen LogP contribution in [0, 0.1) is 0 Å². The average molecular weight is 277 g/mol. The third-order valence-corrected chi connectivity index (χ3v) is 2.98. The Bertz CT molecular complexity index is 528. The van der Waals surface area contributed by atoms with E-state index >= 15 is 0 Å². The number of amides is 3. The van der Waals surface area contributed by atoms with Crippen molar-refractivity contribution in [2.75, 3.05) is 18.6 Å². The Balaban J connectivity index is 2.04. The number of nitrogens with one attached hydrogen (secondary N) is 2. The van der Waals surface area contributed by atoms with E-state index < -0.39 is 0 Å². The van der Waals surface area contributed by atoms with Gasteiger partial charge in [0.2, 0.25) is 0 Å². The van der Waals surface area contributed by atoms with Crippen molar-refractivity contribution in [2.45, 2.75) is 26.4 Å². The second-order valence-corrected chi connectivity index (χ2v) is 5.03. The van der Waals surface area contributed by atoms with Gasteiger partial charge in [-0.25, -0.2) is 4.79 Å². The minimum absolute atomic E-state index is 0.0674. The van der Waals surface area contributed by atoms with Gasteiger partial charge in [-0.05, 0) is 31.5 Å². The van der Waals surface area contributed by atoms with E-state index in [9.17, 15) is 9.59 Å². The molecule has 0 saturated heterocycles. The molecule has 2 N–H and O–H groups in total. The van der Waals surface area contributed by atoms with Crippen LogP contribution < -0.4 is 20.3 Å². The number of fused-ring (bicyclic) bond motifs is 1. The van der Waals surface area contributed by atoms with Crippen LogP contribution in [0.15, 0.2) is 18.2 Å². The number of benzene rings is 1. The first-order valence-corrected chi connectivity index (χ1v) is 6.54. The molecular weight excluding hydrogens is 258 g/mol. The molecule has 0 saturated carbocycles. The zero-order valence-corrected chi connectivity index (χ0v) is 11.9. The fourth-order valence-corrected chi connectivity index (χ4v) is 1.92. The summed E-state index contributed by atoms with van der Waals surface area (Å²) >= 11 is 0. The molecule has 6 heteroatoms. The molecule has 1 aliphatic heterocycles. The largest absolute Gasteiger partial charge is 0.482 e. The molecule has 0 atom stereocenters. The maximum absolute atomic E-state index is 11.6. The van der Waals surface area contributed by atoms with Crippen molar-refractivity contribution in [2.24, 2.45) is 0 Å². The second-order valence-electron chi connectivity index (χ2n) is 5.03. The Hall–Kier alpha value is -2.24. The highest BCUT2D eigenvalue weighted by Crippen LogP contribution is 2.31. The van der Waals surface area contributed by atoms with E-state index in [0.29, 0.717) is 12.3 Å². The first-order chi connectivity index (χ1) is 9.47. The number of likely N-dealkylation sites (N-methyl/N-ethyl adjacent to an activating group) is 1. The Labute approximate surface area is 118 Å². The molecule has 0 bridgehead atoms. The number of rotatable bonds is 3. The SMILES string of the molecule is CC(C)NC(=O)NCc1ccc2c(c1)N(C)C(=O)CO2. The van der Waals surface area contributed by atoms with Crippen molar-refractivity contribution in [3.05, 3.63) is 23.8 Å². The van der Waals surface area contributed by atoms with Crippen molar-refractivity contribution in [3.63, 3.8) is 0 Å². The summed E-state index contributed by atoms with van der Waals surface area (Å²) in [6, 6.07) is 5.42. The summed E-state index contributed by atoms with van der Waals surface area (Å²) < 4.78 is 5.35. The minimum Gasteiger partial charge on any atom is -0.482 e. The second kappa shape index (κ2) is 5.81. The molecule has 6 nitrogen and oxygen atoms in total. The molecule has 0 aromatic heterocycles. The van der Waals surface area contributed by atoms with E-state index in [-0.39, 0.29) is 24.6 Å². The lowest BCUT2D eigenvalue weighted by atomic mass is 10.1. The molecule has 1 aromatic carbocycles. The third-order valence-electron chi connectivity index (χ3n) is 2.98. The molecule has 0 radical (unpaired) electrons. The molecule has 3 amide bonds. The van der Waals surface area contributed by atoms with Crippen LogP contribution in [0.25, 0.3) is 0 Å². The van der Waals surface area contributed by atoms with Crippen LogP contribution in [0.4, 0.5) is 10.5 Å². The van der Waals surface area contributed by atoms with Crippen LogP contribution in [-0.2, 0) is 11.3 Å². The van der Waals surface area contributed by atoms with Crippen LogP contribution in [-0.4, -0.2) is 31.6 Å². The summed E-state index contributed by atoms with van der Waals surface area (Å²) in [5.74, 6) is 0.600. The molecule has 0 fully saturated rings. The zero-order chi connectivity index (χ0) is 14.7. The van der Waals surface area contributed by atoms with E-state index in [4.69, 9.17) is 4.74 Å². The van der Waals surface area contributed by atoms with E-state index in [0.717, 1.165) is 11.3 Å². The van der Waals surface area contributed by atoms with Crippen molar-refractivity contribution in [1.29, 1.82) is 0 Å². The van der Waals surface area contributed by atoms with Crippen LogP contribution in [0.5, 0.6) is 5.75 Å². The quantitative estimate of drug-likeness (QED) is 0.873. The standard InChI is InChI=1S/C14H19N3O3/c1-9(2)16-14(19)15-7-10-4-5-12-11(6-10)17(3)13(18)8-20-12/h4-6,9H,7-8H2,1-3H3,(H2,15,16,19). The van der Waals surface area contributed by atoms with Crippen molar-refractivity contribution >= 4 is 17.6 Å². The van der Waals surface area contributed by atoms with Crippen molar-refractivity contribution in [3.8, 4) is 5.75 Å². The van der Waals surface area contributed by atoms with E-state index in [2.05, 4.69) is 10.6 Å². The smallest absolute Gasteiger partial charge is 0.315 e. The predicted octanol–water partition coefficient (Wildman–Crippen LogP) is 1.25. The molecule has 1 aromatic rings. The molecule has 0 aliphatic carbocycles. The lowest BCUT2D eigenvalue weighted by molar-refractivity contribution is -0.120. The molecule has 0 spiro atoms. The van der Waals surface area contributed by atoms with Crippen LogP contribution in [0.1, 0.15) is 19.4 Å². The highest BCUT2D eigenvalue weighted by atomic mass is 16.5. The Morgan fingerprint density at radius 2 is 2.20 bits per heavy atom. The van der Waals surface area contributed by atoms with Gasteiger partial charge >= 0.3 is 6.03 Å². The van der Waals surface area contributed by atoms with Gasteiger partial charge in [0, 0.05) is 19.6 Å².